The zero-order valence-electron chi connectivity index (χ0n) is 11.4. The second-order valence-electron chi connectivity index (χ2n) is 5.48. The van der Waals surface area contributed by atoms with Crippen LogP contribution in [0.1, 0.15) is 31.2 Å². The van der Waals surface area contributed by atoms with Gasteiger partial charge in [-0.25, -0.2) is 0 Å². The number of nitrogens with two attached hydrogens (primary N) is 1. The molecule has 0 aliphatic heterocycles. The predicted molar refractivity (Wildman–Crippen MR) is 76.0 cm³/mol. The van der Waals surface area contributed by atoms with Gasteiger partial charge in [0.2, 0.25) is 5.91 Å². The number of anilines is 1. The van der Waals surface area contributed by atoms with Gasteiger partial charge in [-0.1, -0.05) is 30.5 Å². The van der Waals surface area contributed by atoms with Crippen molar-refractivity contribution in [3.8, 4) is 0 Å². The smallest absolute Gasteiger partial charge is 0.250 e. The van der Waals surface area contributed by atoms with Gasteiger partial charge in [0.1, 0.15) is 6.61 Å². The number of carbonyl (C=O) groups excluding carboxylic acids is 1. The number of rotatable bonds is 5. The van der Waals surface area contributed by atoms with Gasteiger partial charge in [0.05, 0.1) is 6.61 Å². The number of amides is 1. The first-order valence-electron chi connectivity index (χ1n) is 6.81. The molecule has 1 amide bonds. The van der Waals surface area contributed by atoms with Crippen LogP contribution < -0.4 is 11.1 Å². The van der Waals surface area contributed by atoms with Crippen LogP contribution in [0, 0.1) is 6.92 Å². The first kappa shape index (κ1) is 14.0. The van der Waals surface area contributed by atoms with Gasteiger partial charge < -0.3 is 15.8 Å². The summed E-state index contributed by atoms with van der Waals surface area (Å²) in [5, 5.41) is 2.80. The van der Waals surface area contributed by atoms with Crippen LogP contribution in [-0.4, -0.2) is 24.7 Å². The molecule has 0 unspecified atom stereocenters. The van der Waals surface area contributed by atoms with Gasteiger partial charge in [-0.15, -0.1) is 0 Å². The Morgan fingerprint density at radius 1 is 1.32 bits per heavy atom. The third-order valence-electron chi connectivity index (χ3n) is 3.56. The highest BCUT2D eigenvalue weighted by Gasteiger charge is 2.29. The van der Waals surface area contributed by atoms with E-state index in [9.17, 15) is 4.79 Å². The summed E-state index contributed by atoms with van der Waals surface area (Å²) in [5.74, 6) is -0.134. The third-order valence-corrected chi connectivity index (χ3v) is 3.56. The molecule has 1 aliphatic carbocycles. The van der Waals surface area contributed by atoms with Crippen molar-refractivity contribution in [1.29, 1.82) is 0 Å². The minimum Gasteiger partial charge on any atom is -0.370 e. The number of hydrogen-bond acceptors (Lipinski definition) is 3. The molecule has 4 nitrogen and oxygen atoms in total. The second kappa shape index (κ2) is 6.17. The Labute approximate surface area is 114 Å². The molecule has 0 bridgehead atoms. The van der Waals surface area contributed by atoms with E-state index in [1.807, 2.05) is 31.2 Å². The van der Waals surface area contributed by atoms with Crippen molar-refractivity contribution in [2.45, 2.75) is 38.1 Å². The van der Waals surface area contributed by atoms with Crippen LogP contribution in [0.3, 0.4) is 0 Å². The van der Waals surface area contributed by atoms with Crippen LogP contribution in [0.15, 0.2) is 24.3 Å². The van der Waals surface area contributed by atoms with E-state index in [0.29, 0.717) is 6.61 Å². The molecule has 1 fully saturated rings. The molecule has 0 spiro atoms. The van der Waals surface area contributed by atoms with Gasteiger partial charge in [-0.05, 0) is 31.9 Å². The molecule has 1 saturated carbocycles. The van der Waals surface area contributed by atoms with E-state index in [1.165, 1.54) is 5.56 Å². The van der Waals surface area contributed by atoms with Crippen LogP contribution in [0.25, 0.3) is 0 Å². The average Bonchev–Trinajstić information content (AvgIpc) is 2.79. The van der Waals surface area contributed by atoms with E-state index >= 15 is 0 Å². The lowest BCUT2D eigenvalue weighted by Crippen LogP contribution is -2.42. The summed E-state index contributed by atoms with van der Waals surface area (Å²) in [6.07, 6.45) is 4.31. The highest BCUT2D eigenvalue weighted by atomic mass is 16.5. The van der Waals surface area contributed by atoms with E-state index < -0.39 is 0 Å². The SMILES string of the molecule is Cc1ccc(NC(=O)COCC2(N)CCCC2)cc1. The normalized spacial score (nSPS) is 17.4. The second-order valence-corrected chi connectivity index (χ2v) is 5.48. The lowest BCUT2D eigenvalue weighted by molar-refractivity contribution is -0.121. The van der Waals surface area contributed by atoms with Crippen LogP contribution in [0.2, 0.25) is 0 Å². The fourth-order valence-corrected chi connectivity index (χ4v) is 2.40. The van der Waals surface area contributed by atoms with Gasteiger partial charge >= 0.3 is 0 Å². The Morgan fingerprint density at radius 2 is 1.95 bits per heavy atom. The zero-order valence-corrected chi connectivity index (χ0v) is 11.4. The molecule has 4 heteroatoms. The van der Waals surface area contributed by atoms with Gasteiger partial charge in [0.25, 0.3) is 0 Å². The van der Waals surface area contributed by atoms with Crippen molar-refractivity contribution in [2.24, 2.45) is 5.73 Å². The fourth-order valence-electron chi connectivity index (χ4n) is 2.40. The summed E-state index contributed by atoms with van der Waals surface area (Å²) in [4.78, 5) is 11.7. The lowest BCUT2D eigenvalue weighted by atomic mass is 10.0. The highest BCUT2D eigenvalue weighted by molar-refractivity contribution is 5.91. The molecule has 2 rings (SSSR count). The largest absolute Gasteiger partial charge is 0.370 e. The maximum absolute atomic E-state index is 11.7. The molecule has 1 aliphatic rings. The van der Waals surface area contributed by atoms with Crippen molar-refractivity contribution in [3.05, 3.63) is 29.8 Å². The minimum absolute atomic E-state index is 0.0623. The Bertz CT molecular complexity index is 422. The number of ether oxygens (including phenoxy) is 1. The summed E-state index contributed by atoms with van der Waals surface area (Å²) >= 11 is 0. The molecule has 0 atom stereocenters. The van der Waals surface area contributed by atoms with Crippen LogP contribution in [0.5, 0.6) is 0 Å². The van der Waals surface area contributed by atoms with Crippen molar-refractivity contribution >= 4 is 11.6 Å². The minimum atomic E-state index is -0.218. The first-order chi connectivity index (χ1) is 9.07. The number of nitrogens with one attached hydrogen (secondary N) is 1. The maximum Gasteiger partial charge on any atom is 0.250 e. The number of benzene rings is 1. The fraction of sp³-hybridized carbons (Fsp3) is 0.533. The molecule has 1 aromatic rings. The Morgan fingerprint density at radius 3 is 2.58 bits per heavy atom. The molecule has 0 radical (unpaired) electrons. The van der Waals surface area contributed by atoms with Crippen molar-refractivity contribution in [2.75, 3.05) is 18.5 Å². The quantitative estimate of drug-likeness (QED) is 0.855. The highest BCUT2D eigenvalue weighted by Crippen LogP contribution is 2.27. The Balaban J connectivity index is 1.71. The van der Waals surface area contributed by atoms with Gasteiger partial charge in [-0.3, -0.25) is 4.79 Å². The lowest BCUT2D eigenvalue weighted by Gasteiger charge is -2.22. The van der Waals surface area contributed by atoms with Crippen LogP contribution in [-0.2, 0) is 9.53 Å². The Hall–Kier alpha value is -1.39. The summed E-state index contributed by atoms with van der Waals surface area (Å²) in [6.45, 7) is 2.54. The van der Waals surface area contributed by atoms with E-state index in [1.54, 1.807) is 0 Å². The van der Waals surface area contributed by atoms with Crippen molar-refractivity contribution < 1.29 is 9.53 Å². The standard InChI is InChI=1S/C15H22N2O2/c1-12-4-6-13(7-5-12)17-14(18)10-19-11-15(16)8-2-3-9-15/h4-7H,2-3,8-11,16H2,1H3,(H,17,18). The summed E-state index contributed by atoms with van der Waals surface area (Å²) < 4.78 is 5.44. The topological polar surface area (TPSA) is 64.3 Å². The molecule has 3 N–H and O–H groups in total. The average molecular weight is 262 g/mol. The van der Waals surface area contributed by atoms with E-state index in [2.05, 4.69) is 5.32 Å². The molecule has 0 heterocycles. The summed E-state index contributed by atoms with van der Waals surface area (Å²) in [5.41, 5.74) is 7.90. The summed E-state index contributed by atoms with van der Waals surface area (Å²) in [7, 11) is 0. The molecular weight excluding hydrogens is 240 g/mol. The Kier molecular flexibility index (Phi) is 4.56. The molecule has 104 valence electrons. The van der Waals surface area contributed by atoms with E-state index in [-0.39, 0.29) is 18.1 Å². The van der Waals surface area contributed by atoms with Crippen LogP contribution >= 0.6 is 0 Å². The molecule has 0 saturated heterocycles. The van der Waals surface area contributed by atoms with E-state index in [0.717, 1.165) is 31.4 Å². The summed E-state index contributed by atoms with van der Waals surface area (Å²) in [6, 6.07) is 7.69. The van der Waals surface area contributed by atoms with Crippen molar-refractivity contribution in [3.63, 3.8) is 0 Å². The number of aryl methyl sites for hydroxylation is 1. The first-order valence-corrected chi connectivity index (χ1v) is 6.81. The van der Waals surface area contributed by atoms with Crippen molar-refractivity contribution in [1.82, 2.24) is 0 Å². The maximum atomic E-state index is 11.7. The van der Waals surface area contributed by atoms with Gasteiger partial charge in [0.15, 0.2) is 0 Å². The van der Waals surface area contributed by atoms with Gasteiger partial charge in [-0.2, -0.15) is 0 Å². The third kappa shape index (κ3) is 4.33. The predicted octanol–water partition coefficient (Wildman–Crippen LogP) is 2.22. The monoisotopic (exact) mass is 262 g/mol. The molecule has 1 aromatic carbocycles. The van der Waals surface area contributed by atoms with Gasteiger partial charge in [0, 0.05) is 11.2 Å². The zero-order chi connectivity index (χ0) is 13.7. The molecule has 19 heavy (non-hydrogen) atoms. The number of carbonyl (C=O) groups is 1. The molecular formula is C15H22N2O2. The number of hydrogen-bond donors (Lipinski definition) is 2. The van der Waals surface area contributed by atoms with E-state index in [4.69, 9.17) is 10.5 Å². The molecule has 0 aromatic heterocycles. The van der Waals surface area contributed by atoms with Crippen LogP contribution in [0.4, 0.5) is 5.69 Å².